The van der Waals surface area contributed by atoms with Gasteiger partial charge in [-0.3, -0.25) is 4.79 Å². The molecule has 1 amide bonds. The van der Waals surface area contributed by atoms with Crippen LogP contribution in [0.1, 0.15) is 24.9 Å². The summed E-state index contributed by atoms with van der Waals surface area (Å²) in [5.74, 6) is 0.0493. The zero-order valence-corrected chi connectivity index (χ0v) is 12.8. The number of carbonyl (C=O) groups excluding carboxylic acids is 1. The van der Waals surface area contributed by atoms with Crippen molar-refractivity contribution in [3.63, 3.8) is 0 Å². The van der Waals surface area contributed by atoms with Crippen LogP contribution in [0, 0.1) is 0 Å². The minimum Gasteiger partial charge on any atom is -0.347 e. The van der Waals surface area contributed by atoms with E-state index in [0.717, 1.165) is 18.5 Å². The Hall–Kier alpha value is -0.870. The molecule has 0 aliphatic rings. The van der Waals surface area contributed by atoms with Crippen molar-refractivity contribution in [1.29, 1.82) is 0 Å². The summed E-state index contributed by atoms with van der Waals surface area (Å²) in [6, 6.07) is 10.1. The Balaban J connectivity index is 2.77. The summed E-state index contributed by atoms with van der Waals surface area (Å²) in [6.45, 7) is 2.78. The molecule has 0 saturated heterocycles. The summed E-state index contributed by atoms with van der Waals surface area (Å²) in [5, 5.41) is 3.09. The molecule has 1 aromatic rings. The molecule has 1 rings (SSSR count). The quantitative estimate of drug-likeness (QED) is 0.819. The monoisotopic (exact) mass is 312 g/mol. The van der Waals surface area contributed by atoms with Crippen LogP contribution in [0.5, 0.6) is 0 Å². The van der Waals surface area contributed by atoms with Gasteiger partial charge in [0.15, 0.2) is 0 Å². The molecule has 0 bridgehead atoms. The predicted molar refractivity (Wildman–Crippen MR) is 78.9 cm³/mol. The number of hydrogen-bond donors (Lipinski definition) is 1. The molecule has 0 fully saturated rings. The molecule has 1 N–H and O–H groups in total. The van der Waals surface area contributed by atoms with E-state index in [1.165, 1.54) is 0 Å². The van der Waals surface area contributed by atoms with E-state index in [-0.39, 0.29) is 16.8 Å². The number of alkyl halides is 1. The summed E-state index contributed by atoms with van der Waals surface area (Å²) in [7, 11) is 4.01. The van der Waals surface area contributed by atoms with Gasteiger partial charge in [-0.1, -0.05) is 53.2 Å². The van der Waals surface area contributed by atoms with Gasteiger partial charge in [-0.15, -0.1) is 0 Å². The Morgan fingerprint density at radius 1 is 1.33 bits per heavy atom. The van der Waals surface area contributed by atoms with E-state index in [0.29, 0.717) is 0 Å². The predicted octanol–water partition coefficient (Wildman–Crippen LogP) is 2.58. The van der Waals surface area contributed by atoms with Crippen molar-refractivity contribution in [1.82, 2.24) is 10.2 Å². The number of hydrogen-bond acceptors (Lipinski definition) is 2. The van der Waals surface area contributed by atoms with E-state index in [4.69, 9.17) is 0 Å². The van der Waals surface area contributed by atoms with E-state index >= 15 is 0 Å². The summed E-state index contributed by atoms with van der Waals surface area (Å²) in [5.41, 5.74) is 1.13. The highest BCUT2D eigenvalue weighted by Gasteiger charge is 2.19. The van der Waals surface area contributed by atoms with Gasteiger partial charge in [-0.25, -0.2) is 0 Å². The van der Waals surface area contributed by atoms with Gasteiger partial charge in [-0.05, 0) is 26.1 Å². The average Bonchev–Trinajstić information content (AvgIpc) is 2.37. The molecule has 18 heavy (non-hydrogen) atoms. The smallest absolute Gasteiger partial charge is 0.234 e. The van der Waals surface area contributed by atoms with Crippen LogP contribution in [0.2, 0.25) is 0 Å². The van der Waals surface area contributed by atoms with Crippen LogP contribution in [0.15, 0.2) is 30.3 Å². The van der Waals surface area contributed by atoms with Crippen LogP contribution < -0.4 is 5.32 Å². The van der Waals surface area contributed by atoms with Crippen LogP contribution in [0.3, 0.4) is 0 Å². The SMILES string of the molecule is CCC(Br)C(=O)NC(CN(C)C)c1ccccc1. The molecule has 0 heterocycles. The fraction of sp³-hybridized carbons (Fsp3) is 0.500. The molecule has 3 nitrogen and oxygen atoms in total. The molecule has 0 aliphatic heterocycles. The molecular formula is C14H21BrN2O. The molecular weight excluding hydrogens is 292 g/mol. The lowest BCUT2D eigenvalue weighted by atomic mass is 10.1. The third-order valence-electron chi connectivity index (χ3n) is 2.71. The van der Waals surface area contributed by atoms with Gasteiger partial charge < -0.3 is 10.2 Å². The van der Waals surface area contributed by atoms with Crippen LogP contribution in [-0.4, -0.2) is 36.3 Å². The maximum atomic E-state index is 12.0. The number of amides is 1. The Kier molecular flexibility index (Phi) is 6.36. The number of rotatable bonds is 6. The molecule has 100 valence electrons. The topological polar surface area (TPSA) is 32.3 Å². The minimum absolute atomic E-state index is 0.0281. The summed E-state index contributed by atoms with van der Waals surface area (Å²) >= 11 is 3.38. The lowest BCUT2D eigenvalue weighted by Crippen LogP contribution is -2.38. The highest BCUT2D eigenvalue weighted by atomic mass is 79.9. The maximum absolute atomic E-state index is 12.0. The second kappa shape index (κ2) is 7.54. The van der Waals surface area contributed by atoms with Crippen molar-refractivity contribution in [2.75, 3.05) is 20.6 Å². The van der Waals surface area contributed by atoms with Crippen molar-refractivity contribution in [2.24, 2.45) is 0 Å². The molecule has 0 saturated carbocycles. The highest BCUT2D eigenvalue weighted by Crippen LogP contribution is 2.15. The minimum atomic E-state index is -0.120. The molecule has 2 unspecified atom stereocenters. The first-order valence-electron chi connectivity index (χ1n) is 6.18. The second-order valence-corrected chi connectivity index (χ2v) is 5.72. The van der Waals surface area contributed by atoms with Crippen LogP contribution in [-0.2, 0) is 4.79 Å². The molecule has 0 aromatic heterocycles. The number of carbonyl (C=O) groups is 1. The average molecular weight is 313 g/mol. The molecule has 0 spiro atoms. The summed E-state index contributed by atoms with van der Waals surface area (Å²) in [6.07, 6.45) is 0.787. The van der Waals surface area contributed by atoms with Crippen LogP contribution in [0.25, 0.3) is 0 Å². The van der Waals surface area contributed by atoms with Crippen molar-refractivity contribution in [3.8, 4) is 0 Å². The normalized spacial score (nSPS) is 14.3. The van der Waals surface area contributed by atoms with Crippen LogP contribution in [0.4, 0.5) is 0 Å². The fourth-order valence-corrected chi connectivity index (χ4v) is 1.86. The Bertz CT molecular complexity index is 367. The second-order valence-electron chi connectivity index (χ2n) is 4.61. The summed E-state index contributed by atoms with van der Waals surface area (Å²) < 4.78 is 0. The Labute approximate surface area is 118 Å². The molecule has 2 atom stereocenters. The van der Waals surface area contributed by atoms with Gasteiger partial charge in [-0.2, -0.15) is 0 Å². The number of nitrogens with one attached hydrogen (secondary N) is 1. The zero-order chi connectivity index (χ0) is 13.5. The third-order valence-corrected chi connectivity index (χ3v) is 3.77. The lowest BCUT2D eigenvalue weighted by molar-refractivity contribution is -0.121. The zero-order valence-electron chi connectivity index (χ0n) is 11.2. The summed E-state index contributed by atoms with van der Waals surface area (Å²) in [4.78, 5) is 13.9. The van der Waals surface area contributed by atoms with E-state index in [2.05, 4.69) is 26.1 Å². The van der Waals surface area contributed by atoms with E-state index < -0.39 is 0 Å². The highest BCUT2D eigenvalue weighted by molar-refractivity contribution is 9.10. The van der Waals surface area contributed by atoms with E-state index in [1.54, 1.807) is 0 Å². The van der Waals surface area contributed by atoms with Gasteiger partial charge in [0.1, 0.15) is 0 Å². The van der Waals surface area contributed by atoms with E-state index in [9.17, 15) is 4.79 Å². The van der Waals surface area contributed by atoms with Crippen molar-refractivity contribution in [2.45, 2.75) is 24.2 Å². The van der Waals surface area contributed by atoms with Gasteiger partial charge >= 0.3 is 0 Å². The van der Waals surface area contributed by atoms with Crippen molar-refractivity contribution in [3.05, 3.63) is 35.9 Å². The van der Waals surface area contributed by atoms with Crippen molar-refractivity contribution < 1.29 is 4.79 Å². The maximum Gasteiger partial charge on any atom is 0.234 e. The van der Waals surface area contributed by atoms with Gasteiger partial charge in [0.2, 0.25) is 5.91 Å². The number of benzene rings is 1. The van der Waals surface area contributed by atoms with Crippen LogP contribution >= 0.6 is 15.9 Å². The first kappa shape index (κ1) is 15.2. The molecule has 0 aliphatic carbocycles. The number of likely N-dealkylation sites (N-methyl/N-ethyl adjacent to an activating group) is 1. The molecule has 4 heteroatoms. The fourth-order valence-electron chi connectivity index (χ4n) is 1.73. The molecule has 1 aromatic carbocycles. The third kappa shape index (κ3) is 4.78. The standard InChI is InChI=1S/C14H21BrN2O/c1-4-12(15)14(18)16-13(10-17(2)3)11-8-6-5-7-9-11/h5-9,12-13H,4,10H2,1-3H3,(H,16,18). The Morgan fingerprint density at radius 2 is 1.94 bits per heavy atom. The first-order valence-corrected chi connectivity index (χ1v) is 7.10. The largest absolute Gasteiger partial charge is 0.347 e. The molecule has 0 radical (unpaired) electrons. The van der Waals surface area contributed by atoms with Gasteiger partial charge in [0.05, 0.1) is 10.9 Å². The van der Waals surface area contributed by atoms with Crippen molar-refractivity contribution >= 4 is 21.8 Å². The van der Waals surface area contributed by atoms with E-state index in [1.807, 2.05) is 51.4 Å². The first-order chi connectivity index (χ1) is 8.54. The van der Waals surface area contributed by atoms with Gasteiger partial charge in [0.25, 0.3) is 0 Å². The Morgan fingerprint density at radius 3 is 2.44 bits per heavy atom. The lowest BCUT2D eigenvalue weighted by Gasteiger charge is -2.23. The number of nitrogens with zero attached hydrogens (tertiary/aromatic N) is 1. The number of halogens is 1. The van der Waals surface area contributed by atoms with Gasteiger partial charge in [0, 0.05) is 6.54 Å².